The monoisotopic (exact) mass is 394 g/mol. The highest BCUT2D eigenvalue weighted by atomic mass is 127. The van der Waals surface area contributed by atoms with Crippen LogP contribution in [0.3, 0.4) is 0 Å². The fourth-order valence-corrected chi connectivity index (χ4v) is 2.77. The van der Waals surface area contributed by atoms with Crippen LogP contribution in [0.2, 0.25) is 0 Å². The van der Waals surface area contributed by atoms with Crippen LogP contribution in [0.1, 0.15) is 22.8 Å². The molecule has 1 aliphatic heterocycles. The molecule has 0 fully saturated rings. The number of carbonyl (C=O) groups is 1. The zero-order valence-corrected chi connectivity index (χ0v) is 13.7. The maximum atomic E-state index is 11.6. The molecular formula is C16H15IN2O2. The quantitative estimate of drug-likeness (QED) is 0.768. The lowest BCUT2D eigenvalue weighted by Crippen LogP contribution is -2.35. The van der Waals surface area contributed by atoms with Gasteiger partial charge in [-0.2, -0.15) is 0 Å². The third-order valence-electron chi connectivity index (χ3n) is 3.63. The van der Waals surface area contributed by atoms with Gasteiger partial charge in [-0.25, -0.2) is 4.79 Å². The molecular weight excluding hydrogens is 379 g/mol. The molecule has 0 radical (unpaired) electrons. The number of hydrogen-bond acceptors (Lipinski definition) is 2. The lowest BCUT2D eigenvalue weighted by molar-refractivity contribution is 0.217. The van der Waals surface area contributed by atoms with Gasteiger partial charge in [0, 0.05) is 22.8 Å². The molecule has 5 heteroatoms. The highest BCUT2D eigenvalue weighted by Crippen LogP contribution is 2.29. The highest BCUT2D eigenvalue weighted by molar-refractivity contribution is 14.1. The van der Waals surface area contributed by atoms with Gasteiger partial charge < -0.3 is 15.3 Å². The van der Waals surface area contributed by atoms with Crippen LogP contribution in [0, 0.1) is 3.57 Å². The summed E-state index contributed by atoms with van der Waals surface area (Å²) in [5.74, 6) is 0. The van der Waals surface area contributed by atoms with Crippen molar-refractivity contribution < 1.29 is 9.90 Å². The van der Waals surface area contributed by atoms with E-state index in [0.717, 1.165) is 25.9 Å². The molecule has 0 aromatic heterocycles. The number of nitrogens with zero attached hydrogens (tertiary/aromatic N) is 1. The van der Waals surface area contributed by atoms with Crippen LogP contribution in [0.15, 0.2) is 42.5 Å². The average Bonchev–Trinajstić information content (AvgIpc) is 2.48. The molecule has 1 heterocycles. The van der Waals surface area contributed by atoms with E-state index in [-0.39, 0.29) is 6.03 Å². The van der Waals surface area contributed by atoms with Gasteiger partial charge in [0.1, 0.15) is 6.10 Å². The van der Waals surface area contributed by atoms with Gasteiger partial charge >= 0.3 is 6.03 Å². The number of hydrogen-bond donors (Lipinski definition) is 2. The molecule has 1 aliphatic rings. The lowest BCUT2D eigenvalue weighted by atomic mass is 9.98. The number of nitrogens with one attached hydrogen (secondary N) is 1. The molecule has 2 aromatic rings. The van der Waals surface area contributed by atoms with E-state index < -0.39 is 6.10 Å². The molecule has 3 rings (SSSR count). The number of aliphatic hydroxyl groups excluding tert-OH is 1. The molecule has 108 valence electrons. The molecule has 0 spiro atoms. The van der Waals surface area contributed by atoms with Crippen LogP contribution in [-0.2, 0) is 6.54 Å². The van der Waals surface area contributed by atoms with Crippen molar-refractivity contribution in [2.45, 2.75) is 12.6 Å². The highest BCUT2D eigenvalue weighted by Gasteiger charge is 2.20. The van der Waals surface area contributed by atoms with E-state index in [2.05, 4.69) is 27.9 Å². The number of urea groups is 1. The van der Waals surface area contributed by atoms with E-state index in [1.807, 2.05) is 42.5 Å². The molecule has 4 nitrogen and oxygen atoms in total. The Labute approximate surface area is 136 Å². The number of anilines is 1. The summed E-state index contributed by atoms with van der Waals surface area (Å²) in [6.07, 6.45) is -0.657. The maximum absolute atomic E-state index is 11.6. The molecule has 2 amide bonds. The first-order valence-electron chi connectivity index (χ1n) is 6.63. The molecule has 0 saturated heterocycles. The third kappa shape index (κ3) is 2.89. The summed E-state index contributed by atoms with van der Waals surface area (Å²) in [5.41, 5.74) is 3.53. The second-order valence-corrected chi connectivity index (χ2v) is 6.40. The van der Waals surface area contributed by atoms with Crippen molar-refractivity contribution in [3.05, 3.63) is 62.7 Å². The summed E-state index contributed by atoms with van der Waals surface area (Å²) in [6, 6.07) is 13.4. The van der Waals surface area contributed by atoms with Gasteiger partial charge in [-0.1, -0.05) is 18.2 Å². The first-order valence-corrected chi connectivity index (χ1v) is 7.71. The minimum absolute atomic E-state index is 0.103. The van der Waals surface area contributed by atoms with Crippen molar-refractivity contribution in [3.63, 3.8) is 0 Å². The number of aliphatic hydroxyl groups is 1. The number of benzene rings is 2. The Hall–Kier alpha value is -1.60. The summed E-state index contributed by atoms with van der Waals surface area (Å²) in [4.78, 5) is 13.2. The Balaban J connectivity index is 1.91. The lowest BCUT2D eigenvalue weighted by Gasteiger charge is -2.26. The second-order valence-electron chi connectivity index (χ2n) is 5.16. The zero-order chi connectivity index (χ0) is 15.0. The van der Waals surface area contributed by atoms with E-state index in [1.165, 1.54) is 0 Å². The Kier molecular flexibility index (Phi) is 3.86. The molecule has 2 N–H and O–H groups in total. The summed E-state index contributed by atoms with van der Waals surface area (Å²) in [7, 11) is 1.75. The van der Waals surface area contributed by atoms with E-state index in [1.54, 1.807) is 11.9 Å². The summed E-state index contributed by atoms with van der Waals surface area (Å²) in [6.45, 7) is 0.550. The van der Waals surface area contributed by atoms with Crippen molar-refractivity contribution >= 4 is 34.3 Å². The Bertz CT molecular complexity index is 685. The SMILES string of the molecule is CN1Cc2cc(C(O)c3ccc(I)cc3)ccc2NC1=O. The number of fused-ring (bicyclic) bond motifs is 1. The zero-order valence-electron chi connectivity index (χ0n) is 11.5. The number of carbonyl (C=O) groups excluding carboxylic acids is 1. The predicted octanol–water partition coefficient (Wildman–Crippen LogP) is 3.35. The van der Waals surface area contributed by atoms with Crippen LogP contribution >= 0.6 is 22.6 Å². The van der Waals surface area contributed by atoms with Crippen molar-refractivity contribution in [2.24, 2.45) is 0 Å². The molecule has 1 unspecified atom stereocenters. The minimum atomic E-state index is -0.657. The molecule has 1 atom stereocenters. The summed E-state index contributed by atoms with van der Waals surface area (Å²) in [5, 5.41) is 13.3. The number of amides is 2. The van der Waals surface area contributed by atoms with Crippen LogP contribution < -0.4 is 5.32 Å². The fourth-order valence-electron chi connectivity index (χ4n) is 2.41. The van der Waals surface area contributed by atoms with Crippen LogP contribution in [0.25, 0.3) is 0 Å². The topological polar surface area (TPSA) is 52.6 Å². The van der Waals surface area contributed by atoms with Gasteiger partial charge in [0.2, 0.25) is 0 Å². The Morgan fingerprint density at radius 1 is 1.19 bits per heavy atom. The van der Waals surface area contributed by atoms with Crippen LogP contribution in [-0.4, -0.2) is 23.1 Å². The standard InChI is InChI=1S/C16H15IN2O2/c1-19-9-12-8-11(4-7-14(12)18-16(19)21)15(20)10-2-5-13(17)6-3-10/h2-8,15,20H,9H2,1H3,(H,18,21). The maximum Gasteiger partial charge on any atom is 0.321 e. The third-order valence-corrected chi connectivity index (χ3v) is 4.35. The predicted molar refractivity (Wildman–Crippen MR) is 90.1 cm³/mol. The molecule has 2 aromatic carbocycles. The van der Waals surface area contributed by atoms with Crippen molar-refractivity contribution in [1.82, 2.24) is 4.90 Å². The molecule has 0 bridgehead atoms. The summed E-state index contributed by atoms with van der Waals surface area (Å²) < 4.78 is 1.14. The van der Waals surface area contributed by atoms with Crippen molar-refractivity contribution in [2.75, 3.05) is 12.4 Å². The second kappa shape index (κ2) is 5.65. The van der Waals surface area contributed by atoms with E-state index in [9.17, 15) is 9.90 Å². The average molecular weight is 394 g/mol. The van der Waals surface area contributed by atoms with E-state index >= 15 is 0 Å². The first-order chi connectivity index (χ1) is 10.0. The van der Waals surface area contributed by atoms with Crippen molar-refractivity contribution in [1.29, 1.82) is 0 Å². The van der Waals surface area contributed by atoms with Crippen molar-refractivity contribution in [3.8, 4) is 0 Å². The van der Waals surface area contributed by atoms with Gasteiger partial charge in [-0.15, -0.1) is 0 Å². The number of halogens is 1. The largest absolute Gasteiger partial charge is 0.384 e. The minimum Gasteiger partial charge on any atom is -0.384 e. The van der Waals surface area contributed by atoms with Gasteiger partial charge in [0.25, 0.3) is 0 Å². The van der Waals surface area contributed by atoms with Gasteiger partial charge in [-0.3, -0.25) is 0 Å². The Morgan fingerprint density at radius 3 is 2.57 bits per heavy atom. The Morgan fingerprint density at radius 2 is 1.86 bits per heavy atom. The smallest absolute Gasteiger partial charge is 0.321 e. The molecule has 21 heavy (non-hydrogen) atoms. The fraction of sp³-hybridized carbons (Fsp3) is 0.188. The first kappa shape index (κ1) is 14.3. The van der Waals surface area contributed by atoms with E-state index in [0.29, 0.717) is 6.54 Å². The normalized spacial score (nSPS) is 15.4. The van der Waals surface area contributed by atoms with Gasteiger partial charge in [0.15, 0.2) is 0 Å². The molecule has 0 aliphatic carbocycles. The molecule has 0 saturated carbocycles. The van der Waals surface area contributed by atoms with Crippen LogP contribution in [0.4, 0.5) is 10.5 Å². The van der Waals surface area contributed by atoms with Gasteiger partial charge in [-0.05, 0) is 63.5 Å². The van der Waals surface area contributed by atoms with E-state index in [4.69, 9.17) is 0 Å². The van der Waals surface area contributed by atoms with Crippen LogP contribution in [0.5, 0.6) is 0 Å². The van der Waals surface area contributed by atoms with Gasteiger partial charge in [0.05, 0.1) is 0 Å². The number of rotatable bonds is 2. The summed E-state index contributed by atoms with van der Waals surface area (Å²) >= 11 is 2.24.